The maximum atomic E-state index is 13.6. The average Bonchev–Trinajstić information content (AvgIpc) is 3.17. The van der Waals surface area contributed by atoms with Crippen molar-refractivity contribution >= 4 is 13.6 Å². The van der Waals surface area contributed by atoms with E-state index in [-0.39, 0.29) is 17.3 Å². The number of hydrogen-bond donors (Lipinski definition) is 3. The van der Waals surface area contributed by atoms with Crippen LogP contribution >= 0.6 is 7.82 Å². The Labute approximate surface area is 211 Å². The first-order chi connectivity index (χ1) is 17.7. The molecule has 1 aliphatic rings. The fourth-order valence-electron chi connectivity index (χ4n) is 3.48. The van der Waals surface area contributed by atoms with Crippen LogP contribution < -0.4 is 29.9 Å². The van der Waals surface area contributed by atoms with Crippen LogP contribution in [0.2, 0.25) is 0 Å². The number of ether oxygens (including phenoxy) is 3. The Kier molecular flexibility index (Phi) is 8.00. The molecule has 2 heterocycles. The van der Waals surface area contributed by atoms with Gasteiger partial charge < -0.3 is 39.2 Å². The molecule has 1 aromatic heterocycles. The summed E-state index contributed by atoms with van der Waals surface area (Å²) >= 11 is 0. The molecule has 0 aliphatic carbocycles. The highest BCUT2D eigenvalue weighted by Crippen LogP contribution is 2.50. The molecule has 2 aromatic carbocycles. The molecule has 0 spiro atoms. The fourth-order valence-corrected chi connectivity index (χ4v) is 4.72. The molecule has 4 rings (SSSR count). The third-order valence-corrected chi connectivity index (χ3v) is 6.75. The van der Waals surface area contributed by atoms with Gasteiger partial charge in [0.05, 0.1) is 20.8 Å². The number of nitrogen functional groups attached to an aromatic ring is 1. The van der Waals surface area contributed by atoms with Gasteiger partial charge >= 0.3 is 13.5 Å². The van der Waals surface area contributed by atoms with Crippen molar-refractivity contribution in [3.63, 3.8) is 0 Å². The molecule has 37 heavy (non-hydrogen) atoms. The largest absolute Gasteiger partial charge is 0.587 e. The van der Waals surface area contributed by atoms with E-state index in [4.69, 9.17) is 33.5 Å². The Morgan fingerprint density at radius 3 is 1.92 bits per heavy atom. The zero-order valence-corrected chi connectivity index (χ0v) is 20.8. The lowest BCUT2D eigenvalue weighted by atomic mass is 10.1. The van der Waals surface area contributed by atoms with Gasteiger partial charge in [0.25, 0.3) is 0 Å². The van der Waals surface area contributed by atoms with Crippen LogP contribution in [0, 0.1) is 0 Å². The summed E-state index contributed by atoms with van der Waals surface area (Å²) in [5.74, 6) is 1.40. The molecule has 0 saturated carbocycles. The minimum Gasteiger partial charge on any atom is -0.497 e. The van der Waals surface area contributed by atoms with Gasteiger partial charge in [-0.1, -0.05) is 0 Å². The summed E-state index contributed by atoms with van der Waals surface area (Å²) < 4.78 is 47.1. The second-order valence-corrected chi connectivity index (χ2v) is 9.38. The van der Waals surface area contributed by atoms with Gasteiger partial charge in [-0.05, 0) is 54.6 Å². The van der Waals surface area contributed by atoms with Crippen molar-refractivity contribution in [1.82, 2.24) is 9.55 Å². The molecule has 3 aromatic rings. The molecule has 0 bridgehead atoms. The average molecular weight is 535 g/mol. The van der Waals surface area contributed by atoms with Crippen LogP contribution in [0.25, 0.3) is 0 Å². The Balaban J connectivity index is 1.52. The number of nitrogens with zero attached hydrogens (tertiary/aromatic N) is 2. The van der Waals surface area contributed by atoms with Crippen LogP contribution in [-0.4, -0.2) is 58.9 Å². The first-order valence-corrected chi connectivity index (χ1v) is 12.5. The van der Waals surface area contributed by atoms with Gasteiger partial charge in [-0.15, -0.1) is 0 Å². The first-order valence-electron chi connectivity index (χ1n) is 11.0. The van der Waals surface area contributed by atoms with Crippen molar-refractivity contribution in [1.29, 1.82) is 0 Å². The van der Waals surface area contributed by atoms with Gasteiger partial charge in [-0.25, -0.2) is 9.36 Å². The van der Waals surface area contributed by atoms with E-state index in [1.54, 1.807) is 24.3 Å². The molecule has 4 atom stereocenters. The van der Waals surface area contributed by atoms with Gasteiger partial charge in [0, 0.05) is 6.20 Å². The SMILES string of the molecule is COc1ccc(OP(=O)(OC[C@H]2O[C@@H](n3ccc(N)nc3=O)[C@H](O)[C@@H]2O)Oc2ccc(OC)cc2)cc1. The molecule has 1 fully saturated rings. The molecule has 1 saturated heterocycles. The van der Waals surface area contributed by atoms with Crippen molar-refractivity contribution in [3.8, 4) is 23.0 Å². The number of aliphatic hydroxyl groups is 2. The highest BCUT2D eigenvalue weighted by molar-refractivity contribution is 7.49. The number of methoxy groups -OCH3 is 2. The highest BCUT2D eigenvalue weighted by atomic mass is 31.2. The minimum atomic E-state index is -4.37. The lowest BCUT2D eigenvalue weighted by Gasteiger charge is -2.22. The van der Waals surface area contributed by atoms with Crippen molar-refractivity contribution in [2.24, 2.45) is 0 Å². The molecule has 4 N–H and O–H groups in total. The van der Waals surface area contributed by atoms with Crippen LogP contribution in [0.15, 0.2) is 65.6 Å². The van der Waals surface area contributed by atoms with E-state index in [0.717, 1.165) is 4.57 Å². The molecule has 13 nitrogen and oxygen atoms in total. The minimum absolute atomic E-state index is 0.0125. The maximum Gasteiger partial charge on any atom is 0.587 e. The van der Waals surface area contributed by atoms with Crippen molar-refractivity contribution < 1.29 is 42.6 Å². The van der Waals surface area contributed by atoms with Crippen molar-refractivity contribution in [3.05, 3.63) is 71.3 Å². The molecule has 198 valence electrons. The number of nitrogens with two attached hydrogens (primary N) is 1. The Morgan fingerprint density at radius 2 is 1.43 bits per heavy atom. The second kappa shape index (κ2) is 11.2. The normalized spacial score (nSPS) is 21.4. The molecule has 1 aliphatic heterocycles. The zero-order valence-electron chi connectivity index (χ0n) is 19.9. The highest BCUT2D eigenvalue weighted by Gasteiger charge is 2.46. The number of benzene rings is 2. The van der Waals surface area contributed by atoms with Crippen LogP contribution in [0.1, 0.15) is 6.23 Å². The van der Waals surface area contributed by atoms with E-state index in [1.807, 2.05) is 0 Å². The maximum absolute atomic E-state index is 13.6. The van der Waals surface area contributed by atoms with Gasteiger partial charge in [0.1, 0.15) is 47.1 Å². The van der Waals surface area contributed by atoms with Gasteiger partial charge in [0.15, 0.2) is 6.23 Å². The predicted octanol–water partition coefficient (Wildman–Crippen LogP) is 1.74. The van der Waals surface area contributed by atoms with Gasteiger partial charge in [-0.3, -0.25) is 9.09 Å². The van der Waals surface area contributed by atoms with Gasteiger partial charge in [-0.2, -0.15) is 4.98 Å². The Hall–Kier alpha value is -3.61. The van der Waals surface area contributed by atoms with E-state index in [0.29, 0.717) is 11.5 Å². The third-order valence-electron chi connectivity index (χ3n) is 5.41. The Morgan fingerprint density at radius 1 is 0.919 bits per heavy atom. The number of rotatable bonds is 10. The van der Waals surface area contributed by atoms with Crippen LogP contribution in [-0.2, 0) is 13.8 Å². The standard InChI is InChI=1S/C23H26N3O10P/c1-31-14-3-7-16(8-4-14)35-37(30,36-17-9-5-15(32-2)6-10-17)33-13-18-20(27)21(28)22(34-18)26-12-11-19(24)25-23(26)29/h3-12,18,20-22,27-28H,13H2,1-2H3,(H2,24,25,29)/t18-,20-,21-,22-/m1/s1. The summed E-state index contributed by atoms with van der Waals surface area (Å²) in [4.78, 5) is 15.8. The summed E-state index contributed by atoms with van der Waals surface area (Å²) in [7, 11) is -1.37. The lowest BCUT2D eigenvalue weighted by Crippen LogP contribution is -2.36. The number of phosphoric ester groups is 1. The topological polar surface area (TPSA) is 174 Å². The Bertz CT molecular complexity index is 1250. The lowest BCUT2D eigenvalue weighted by molar-refractivity contribution is -0.0537. The summed E-state index contributed by atoms with van der Waals surface area (Å²) in [6.45, 7) is -0.518. The molecule has 0 unspecified atom stereocenters. The summed E-state index contributed by atoms with van der Waals surface area (Å²) in [6.07, 6.45) is -4.21. The summed E-state index contributed by atoms with van der Waals surface area (Å²) in [5.41, 5.74) is 4.72. The molecule has 0 radical (unpaired) electrons. The molecular weight excluding hydrogens is 509 g/mol. The van der Waals surface area contributed by atoms with Crippen LogP contribution in [0.4, 0.5) is 5.82 Å². The smallest absolute Gasteiger partial charge is 0.497 e. The van der Waals surface area contributed by atoms with Crippen molar-refractivity contribution in [2.45, 2.75) is 24.5 Å². The summed E-state index contributed by atoms with van der Waals surface area (Å²) in [5, 5.41) is 21.0. The second-order valence-electron chi connectivity index (χ2n) is 7.87. The quantitative estimate of drug-likeness (QED) is 0.321. The number of phosphoric acid groups is 1. The van der Waals surface area contributed by atoms with Crippen LogP contribution in [0.3, 0.4) is 0 Å². The number of aliphatic hydroxyl groups excluding tert-OH is 2. The van der Waals surface area contributed by atoms with Crippen molar-refractivity contribution in [2.75, 3.05) is 26.6 Å². The van der Waals surface area contributed by atoms with E-state index >= 15 is 0 Å². The van der Waals surface area contributed by atoms with Crippen LogP contribution in [0.5, 0.6) is 23.0 Å². The molecule has 14 heteroatoms. The summed E-state index contributed by atoms with van der Waals surface area (Å²) in [6, 6.07) is 13.7. The molecule has 0 amide bonds. The first kappa shape index (κ1) is 26.5. The third kappa shape index (κ3) is 6.21. The number of anilines is 1. The van der Waals surface area contributed by atoms with E-state index in [2.05, 4.69) is 4.98 Å². The monoisotopic (exact) mass is 535 g/mol. The number of aromatic nitrogens is 2. The van der Waals surface area contributed by atoms with E-state index in [1.165, 1.54) is 50.7 Å². The number of hydrogen-bond acceptors (Lipinski definition) is 12. The van der Waals surface area contributed by atoms with Gasteiger partial charge in [0.2, 0.25) is 0 Å². The molecular formula is C23H26N3O10P. The fraction of sp³-hybridized carbons (Fsp3) is 0.304. The predicted molar refractivity (Wildman–Crippen MR) is 130 cm³/mol. The van der Waals surface area contributed by atoms with E-state index in [9.17, 15) is 19.6 Å². The van der Waals surface area contributed by atoms with E-state index < -0.39 is 44.7 Å². The zero-order chi connectivity index (χ0) is 26.6.